The van der Waals surface area contributed by atoms with Gasteiger partial charge < -0.3 is 5.32 Å². The van der Waals surface area contributed by atoms with Crippen molar-refractivity contribution in [3.63, 3.8) is 0 Å². The SMILES string of the molecule is CCCC1CN=C(NCc2cccc(C)c2)S1. The molecular weight excluding hydrogens is 228 g/mol. The molecule has 2 rings (SSSR count). The van der Waals surface area contributed by atoms with Gasteiger partial charge in [0.1, 0.15) is 0 Å². The molecule has 2 nitrogen and oxygen atoms in total. The van der Waals surface area contributed by atoms with E-state index >= 15 is 0 Å². The van der Waals surface area contributed by atoms with Gasteiger partial charge in [0.25, 0.3) is 0 Å². The third-order valence-electron chi connectivity index (χ3n) is 2.85. The molecule has 0 bridgehead atoms. The monoisotopic (exact) mass is 248 g/mol. The Labute approximate surface area is 108 Å². The van der Waals surface area contributed by atoms with E-state index in [1.807, 2.05) is 11.8 Å². The Bertz CT molecular complexity index is 401. The summed E-state index contributed by atoms with van der Waals surface area (Å²) in [6.45, 7) is 6.22. The zero-order valence-corrected chi connectivity index (χ0v) is 11.4. The van der Waals surface area contributed by atoms with Crippen LogP contribution in [0.1, 0.15) is 30.9 Å². The highest BCUT2D eigenvalue weighted by molar-refractivity contribution is 8.14. The number of nitrogens with zero attached hydrogens (tertiary/aromatic N) is 1. The van der Waals surface area contributed by atoms with Crippen LogP contribution in [-0.4, -0.2) is 17.0 Å². The van der Waals surface area contributed by atoms with Crippen LogP contribution in [0.3, 0.4) is 0 Å². The molecule has 1 aromatic carbocycles. The Kier molecular flexibility index (Phi) is 4.49. The lowest BCUT2D eigenvalue weighted by atomic mass is 10.1. The number of thioether (sulfide) groups is 1. The quantitative estimate of drug-likeness (QED) is 0.883. The van der Waals surface area contributed by atoms with Crippen molar-refractivity contribution in [3.05, 3.63) is 35.4 Å². The molecule has 0 aromatic heterocycles. The van der Waals surface area contributed by atoms with Crippen LogP contribution in [0.25, 0.3) is 0 Å². The maximum Gasteiger partial charge on any atom is 0.157 e. The Balaban J connectivity index is 1.80. The van der Waals surface area contributed by atoms with Crippen molar-refractivity contribution in [1.29, 1.82) is 0 Å². The van der Waals surface area contributed by atoms with E-state index in [1.54, 1.807) is 0 Å². The van der Waals surface area contributed by atoms with Gasteiger partial charge in [-0.05, 0) is 18.9 Å². The lowest BCUT2D eigenvalue weighted by molar-refractivity contribution is 0.753. The van der Waals surface area contributed by atoms with Crippen molar-refractivity contribution in [2.45, 2.75) is 38.5 Å². The highest BCUT2D eigenvalue weighted by atomic mass is 32.2. The molecule has 0 fully saturated rings. The summed E-state index contributed by atoms with van der Waals surface area (Å²) < 4.78 is 0. The van der Waals surface area contributed by atoms with Gasteiger partial charge in [-0.2, -0.15) is 0 Å². The number of aryl methyl sites for hydroxylation is 1. The zero-order chi connectivity index (χ0) is 12.1. The zero-order valence-electron chi connectivity index (χ0n) is 10.6. The van der Waals surface area contributed by atoms with Crippen molar-refractivity contribution in [1.82, 2.24) is 5.32 Å². The van der Waals surface area contributed by atoms with Crippen molar-refractivity contribution in [2.75, 3.05) is 6.54 Å². The predicted octanol–water partition coefficient (Wildman–Crippen LogP) is 3.36. The minimum Gasteiger partial charge on any atom is -0.361 e. The second kappa shape index (κ2) is 6.10. The fourth-order valence-corrected chi connectivity index (χ4v) is 3.11. The van der Waals surface area contributed by atoms with Crippen LogP contribution in [0.5, 0.6) is 0 Å². The molecule has 0 saturated carbocycles. The normalized spacial score (nSPS) is 19.2. The van der Waals surface area contributed by atoms with Gasteiger partial charge in [-0.15, -0.1) is 0 Å². The molecule has 1 aliphatic rings. The van der Waals surface area contributed by atoms with Gasteiger partial charge in [-0.25, -0.2) is 0 Å². The van der Waals surface area contributed by atoms with Crippen LogP contribution in [0, 0.1) is 6.92 Å². The molecule has 0 saturated heterocycles. The minimum absolute atomic E-state index is 0.694. The van der Waals surface area contributed by atoms with E-state index in [4.69, 9.17) is 0 Å². The second-order valence-corrected chi connectivity index (χ2v) is 5.81. The molecule has 17 heavy (non-hydrogen) atoms. The number of rotatable bonds is 4. The van der Waals surface area contributed by atoms with E-state index in [0.717, 1.165) is 18.3 Å². The molecule has 1 unspecified atom stereocenters. The van der Waals surface area contributed by atoms with Crippen molar-refractivity contribution in [3.8, 4) is 0 Å². The molecule has 0 spiro atoms. The van der Waals surface area contributed by atoms with Gasteiger partial charge in [0.2, 0.25) is 0 Å². The van der Waals surface area contributed by atoms with Crippen molar-refractivity contribution >= 4 is 16.9 Å². The van der Waals surface area contributed by atoms with Crippen LogP contribution in [-0.2, 0) is 6.54 Å². The number of hydrogen-bond donors (Lipinski definition) is 1. The third kappa shape index (κ3) is 3.77. The molecule has 1 aliphatic heterocycles. The third-order valence-corrected chi connectivity index (χ3v) is 4.07. The molecular formula is C14H20N2S. The Morgan fingerprint density at radius 2 is 2.35 bits per heavy atom. The molecule has 0 amide bonds. The summed E-state index contributed by atoms with van der Waals surface area (Å²) in [4.78, 5) is 4.54. The van der Waals surface area contributed by atoms with Crippen molar-refractivity contribution in [2.24, 2.45) is 4.99 Å². The predicted molar refractivity (Wildman–Crippen MR) is 76.6 cm³/mol. The average Bonchev–Trinajstić information content (AvgIpc) is 2.75. The van der Waals surface area contributed by atoms with Crippen LogP contribution >= 0.6 is 11.8 Å². The van der Waals surface area contributed by atoms with Gasteiger partial charge in [0.15, 0.2) is 5.17 Å². The molecule has 1 heterocycles. The number of amidine groups is 1. The minimum atomic E-state index is 0.694. The first-order valence-corrected chi connectivity index (χ1v) is 7.16. The van der Waals surface area contributed by atoms with E-state index in [0.29, 0.717) is 5.25 Å². The molecule has 3 heteroatoms. The van der Waals surface area contributed by atoms with E-state index in [-0.39, 0.29) is 0 Å². The Hall–Kier alpha value is -0.960. The molecule has 1 atom stereocenters. The fourth-order valence-electron chi connectivity index (χ4n) is 1.99. The topological polar surface area (TPSA) is 24.4 Å². The van der Waals surface area contributed by atoms with Crippen LogP contribution in [0.4, 0.5) is 0 Å². The van der Waals surface area contributed by atoms with E-state index in [1.165, 1.54) is 24.0 Å². The van der Waals surface area contributed by atoms with Gasteiger partial charge in [0.05, 0.1) is 6.54 Å². The summed E-state index contributed by atoms with van der Waals surface area (Å²) >= 11 is 1.90. The van der Waals surface area contributed by atoms with Crippen LogP contribution in [0.15, 0.2) is 29.3 Å². The number of nitrogens with one attached hydrogen (secondary N) is 1. The summed E-state index contributed by atoms with van der Waals surface area (Å²) in [7, 11) is 0. The summed E-state index contributed by atoms with van der Waals surface area (Å²) in [5, 5.41) is 5.24. The smallest absolute Gasteiger partial charge is 0.157 e. The number of benzene rings is 1. The second-order valence-electron chi connectivity index (χ2n) is 4.52. The lowest BCUT2D eigenvalue weighted by Gasteiger charge is -2.08. The van der Waals surface area contributed by atoms with Gasteiger partial charge >= 0.3 is 0 Å². The summed E-state index contributed by atoms with van der Waals surface area (Å²) in [5.74, 6) is 0. The van der Waals surface area contributed by atoms with Gasteiger partial charge in [0, 0.05) is 11.8 Å². The Morgan fingerprint density at radius 1 is 1.47 bits per heavy atom. The molecule has 0 radical (unpaired) electrons. The highest BCUT2D eigenvalue weighted by Gasteiger charge is 2.17. The fraction of sp³-hybridized carbons (Fsp3) is 0.500. The summed E-state index contributed by atoms with van der Waals surface area (Å²) in [6, 6.07) is 8.61. The maximum absolute atomic E-state index is 4.54. The number of hydrogen-bond acceptors (Lipinski definition) is 3. The molecule has 92 valence electrons. The largest absolute Gasteiger partial charge is 0.361 e. The first-order chi connectivity index (χ1) is 8.28. The standard InChI is InChI=1S/C14H20N2S/c1-3-5-13-10-16-14(17-13)15-9-12-7-4-6-11(2)8-12/h4,6-8,13H,3,5,9-10H2,1-2H3,(H,15,16). The first kappa shape index (κ1) is 12.5. The van der Waals surface area contributed by atoms with Crippen molar-refractivity contribution < 1.29 is 0 Å². The van der Waals surface area contributed by atoms with Gasteiger partial charge in [-0.1, -0.05) is 54.9 Å². The van der Waals surface area contributed by atoms with Crippen LogP contribution in [0.2, 0.25) is 0 Å². The number of aliphatic imine (C=N–C) groups is 1. The van der Waals surface area contributed by atoms with E-state index in [9.17, 15) is 0 Å². The first-order valence-electron chi connectivity index (χ1n) is 6.28. The Morgan fingerprint density at radius 3 is 3.12 bits per heavy atom. The van der Waals surface area contributed by atoms with E-state index < -0.39 is 0 Å². The lowest BCUT2D eigenvalue weighted by Crippen LogP contribution is -2.18. The summed E-state index contributed by atoms with van der Waals surface area (Å²) in [6.07, 6.45) is 2.52. The highest BCUT2D eigenvalue weighted by Crippen LogP contribution is 2.23. The molecule has 1 N–H and O–H groups in total. The maximum atomic E-state index is 4.54. The van der Waals surface area contributed by atoms with Gasteiger partial charge in [-0.3, -0.25) is 4.99 Å². The molecule has 1 aromatic rings. The molecule has 0 aliphatic carbocycles. The van der Waals surface area contributed by atoms with Crippen LogP contribution < -0.4 is 5.32 Å². The van der Waals surface area contributed by atoms with E-state index in [2.05, 4.69) is 48.4 Å². The summed E-state index contributed by atoms with van der Waals surface area (Å²) in [5.41, 5.74) is 2.64. The average molecular weight is 248 g/mol.